The highest BCUT2D eigenvalue weighted by atomic mass is 127. The van der Waals surface area contributed by atoms with Gasteiger partial charge in [-0.15, -0.1) is 24.0 Å². The molecule has 0 unspecified atom stereocenters. The number of nitrogens with zero attached hydrogens (tertiary/aromatic N) is 2. The molecular formula is C16H21IN4O2. The first-order chi connectivity index (χ1) is 10.7. The van der Waals surface area contributed by atoms with E-state index in [1.165, 1.54) is 0 Å². The standard InChI is InChI=1S/C16H20N4O2.HI/c1-21-14-7-6-12(9-15(14)22-2)10-19-16(17)20-11-13-5-3-4-8-18-13;/h3-9H,10-11H2,1-2H3,(H3,17,19,20);1H. The highest BCUT2D eigenvalue weighted by Crippen LogP contribution is 2.27. The molecule has 1 heterocycles. The van der Waals surface area contributed by atoms with Gasteiger partial charge in [-0.25, -0.2) is 4.99 Å². The van der Waals surface area contributed by atoms with Gasteiger partial charge in [0.15, 0.2) is 17.5 Å². The number of aromatic nitrogens is 1. The number of guanidine groups is 1. The smallest absolute Gasteiger partial charge is 0.189 e. The molecule has 0 aliphatic heterocycles. The predicted molar refractivity (Wildman–Crippen MR) is 101 cm³/mol. The van der Waals surface area contributed by atoms with Gasteiger partial charge in [0, 0.05) is 6.20 Å². The third-order valence-corrected chi connectivity index (χ3v) is 3.06. The van der Waals surface area contributed by atoms with E-state index in [4.69, 9.17) is 15.2 Å². The number of halogens is 1. The summed E-state index contributed by atoms with van der Waals surface area (Å²) in [6.07, 6.45) is 1.74. The maximum atomic E-state index is 5.85. The number of aliphatic imine (C=N–C) groups is 1. The number of nitrogens with one attached hydrogen (secondary N) is 1. The quantitative estimate of drug-likeness (QED) is 0.420. The van der Waals surface area contributed by atoms with Crippen molar-refractivity contribution in [2.75, 3.05) is 14.2 Å². The first kappa shape index (κ1) is 19.0. The molecule has 124 valence electrons. The fourth-order valence-corrected chi connectivity index (χ4v) is 1.90. The van der Waals surface area contributed by atoms with Crippen molar-refractivity contribution in [3.8, 4) is 11.5 Å². The molecule has 0 atom stereocenters. The number of benzene rings is 1. The summed E-state index contributed by atoms with van der Waals surface area (Å²) < 4.78 is 10.5. The van der Waals surface area contributed by atoms with E-state index in [0.717, 1.165) is 11.3 Å². The molecular weight excluding hydrogens is 407 g/mol. The van der Waals surface area contributed by atoms with E-state index in [0.29, 0.717) is 30.5 Å². The van der Waals surface area contributed by atoms with Gasteiger partial charge in [0.25, 0.3) is 0 Å². The summed E-state index contributed by atoms with van der Waals surface area (Å²) in [4.78, 5) is 8.51. The fourth-order valence-electron chi connectivity index (χ4n) is 1.90. The second kappa shape index (κ2) is 9.88. The average molecular weight is 428 g/mol. The Morgan fingerprint density at radius 2 is 1.96 bits per heavy atom. The molecule has 0 aliphatic carbocycles. The van der Waals surface area contributed by atoms with Gasteiger partial charge in [-0.2, -0.15) is 0 Å². The van der Waals surface area contributed by atoms with Gasteiger partial charge in [-0.3, -0.25) is 4.98 Å². The van der Waals surface area contributed by atoms with E-state index in [-0.39, 0.29) is 24.0 Å². The fraction of sp³-hybridized carbons (Fsp3) is 0.250. The summed E-state index contributed by atoms with van der Waals surface area (Å²) in [7, 11) is 3.21. The summed E-state index contributed by atoms with van der Waals surface area (Å²) in [5.74, 6) is 1.74. The monoisotopic (exact) mass is 428 g/mol. The molecule has 0 spiro atoms. The molecule has 0 saturated carbocycles. The van der Waals surface area contributed by atoms with Crippen molar-refractivity contribution in [2.24, 2.45) is 10.7 Å². The second-order valence-electron chi connectivity index (χ2n) is 4.57. The molecule has 0 amide bonds. The zero-order chi connectivity index (χ0) is 15.8. The van der Waals surface area contributed by atoms with Crippen LogP contribution in [-0.2, 0) is 13.1 Å². The predicted octanol–water partition coefficient (Wildman–Crippen LogP) is 2.32. The maximum Gasteiger partial charge on any atom is 0.189 e. The Morgan fingerprint density at radius 3 is 2.61 bits per heavy atom. The molecule has 0 radical (unpaired) electrons. The number of rotatable bonds is 6. The minimum absolute atomic E-state index is 0. The lowest BCUT2D eigenvalue weighted by Crippen LogP contribution is -2.31. The van der Waals surface area contributed by atoms with Crippen LogP contribution in [0.5, 0.6) is 11.5 Å². The first-order valence-corrected chi connectivity index (χ1v) is 6.87. The van der Waals surface area contributed by atoms with Crippen LogP contribution < -0.4 is 20.5 Å². The molecule has 1 aromatic heterocycles. The van der Waals surface area contributed by atoms with Crippen molar-refractivity contribution < 1.29 is 9.47 Å². The van der Waals surface area contributed by atoms with E-state index < -0.39 is 0 Å². The molecule has 0 fully saturated rings. The first-order valence-electron chi connectivity index (χ1n) is 6.87. The Bertz CT molecular complexity index is 635. The van der Waals surface area contributed by atoms with Crippen LogP contribution in [0.3, 0.4) is 0 Å². The van der Waals surface area contributed by atoms with Crippen LogP contribution >= 0.6 is 24.0 Å². The second-order valence-corrected chi connectivity index (χ2v) is 4.57. The molecule has 2 aromatic rings. The molecule has 6 nitrogen and oxygen atoms in total. The van der Waals surface area contributed by atoms with Crippen LogP contribution in [0.15, 0.2) is 47.6 Å². The number of ether oxygens (including phenoxy) is 2. The largest absolute Gasteiger partial charge is 0.493 e. The van der Waals surface area contributed by atoms with Crippen LogP contribution in [0.2, 0.25) is 0 Å². The normalized spacial score (nSPS) is 10.6. The SMILES string of the molecule is COc1ccc(CN=C(N)NCc2ccccn2)cc1OC.I. The van der Waals surface area contributed by atoms with Crippen molar-refractivity contribution in [3.63, 3.8) is 0 Å². The highest BCUT2D eigenvalue weighted by Gasteiger charge is 2.04. The zero-order valence-corrected chi connectivity index (χ0v) is 15.5. The number of hydrogen-bond donors (Lipinski definition) is 2. The van der Waals surface area contributed by atoms with E-state index >= 15 is 0 Å². The van der Waals surface area contributed by atoms with Crippen molar-refractivity contribution >= 4 is 29.9 Å². The third kappa shape index (κ3) is 5.93. The van der Waals surface area contributed by atoms with E-state index in [9.17, 15) is 0 Å². The molecule has 0 aliphatic rings. The molecule has 1 aromatic carbocycles. The average Bonchev–Trinajstić information content (AvgIpc) is 2.58. The zero-order valence-electron chi connectivity index (χ0n) is 13.2. The Balaban J connectivity index is 0.00000264. The summed E-state index contributed by atoms with van der Waals surface area (Å²) in [5.41, 5.74) is 7.75. The molecule has 0 bridgehead atoms. The number of methoxy groups -OCH3 is 2. The maximum absolute atomic E-state index is 5.85. The number of pyridine rings is 1. The van der Waals surface area contributed by atoms with E-state index in [2.05, 4.69) is 15.3 Å². The van der Waals surface area contributed by atoms with Crippen LogP contribution in [0.1, 0.15) is 11.3 Å². The highest BCUT2D eigenvalue weighted by molar-refractivity contribution is 14.0. The van der Waals surface area contributed by atoms with E-state index in [1.807, 2.05) is 36.4 Å². The molecule has 7 heteroatoms. The van der Waals surface area contributed by atoms with Crippen LogP contribution in [0.4, 0.5) is 0 Å². The third-order valence-electron chi connectivity index (χ3n) is 3.06. The topological polar surface area (TPSA) is 81.8 Å². The number of hydrogen-bond acceptors (Lipinski definition) is 4. The molecule has 3 N–H and O–H groups in total. The Labute approximate surface area is 153 Å². The molecule has 2 rings (SSSR count). The van der Waals surface area contributed by atoms with Gasteiger partial charge in [-0.1, -0.05) is 12.1 Å². The number of nitrogens with two attached hydrogens (primary N) is 1. The summed E-state index contributed by atoms with van der Waals surface area (Å²) in [6.45, 7) is 1.00. The molecule has 23 heavy (non-hydrogen) atoms. The Hall–Kier alpha value is -2.03. The Morgan fingerprint density at radius 1 is 1.17 bits per heavy atom. The lowest BCUT2D eigenvalue weighted by molar-refractivity contribution is 0.354. The summed E-state index contributed by atoms with van der Waals surface area (Å²) >= 11 is 0. The van der Waals surface area contributed by atoms with E-state index in [1.54, 1.807) is 20.4 Å². The van der Waals surface area contributed by atoms with Crippen LogP contribution in [0, 0.1) is 0 Å². The van der Waals surface area contributed by atoms with Crippen LogP contribution in [0.25, 0.3) is 0 Å². The lowest BCUT2D eigenvalue weighted by atomic mass is 10.2. The van der Waals surface area contributed by atoms with Crippen molar-refractivity contribution in [1.29, 1.82) is 0 Å². The van der Waals surface area contributed by atoms with Crippen molar-refractivity contribution in [2.45, 2.75) is 13.1 Å². The lowest BCUT2D eigenvalue weighted by Gasteiger charge is -2.09. The van der Waals surface area contributed by atoms with Crippen molar-refractivity contribution in [1.82, 2.24) is 10.3 Å². The minimum atomic E-state index is 0. The summed E-state index contributed by atoms with van der Waals surface area (Å²) in [5, 5.41) is 3.03. The van der Waals surface area contributed by atoms with Gasteiger partial charge in [0.2, 0.25) is 0 Å². The molecule has 0 saturated heterocycles. The van der Waals surface area contributed by atoms with Gasteiger partial charge in [0.1, 0.15) is 0 Å². The van der Waals surface area contributed by atoms with Gasteiger partial charge < -0.3 is 20.5 Å². The summed E-state index contributed by atoms with van der Waals surface area (Å²) in [6, 6.07) is 11.4. The van der Waals surface area contributed by atoms with Crippen molar-refractivity contribution in [3.05, 3.63) is 53.9 Å². The Kier molecular flexibility index (Phi) is 8.17. The minimum Gasteiger partial charge on any atom is -0.493 e. The van der Waals surface area contributed by atoms with Gasteiger partial charge >= 0.3 is 0 Å². The van der Waals surface area contributed by atoms with Gasteiger partial charge in [0.05, 0.1) is 33.0 Å². The van der Waals surface area contributed by atoms with Gasteiger partial charge in [-0.05, 0) is 29.8 Å². The van der Waals surface area contributed by atoms with Crippen LogP contribution in [-0.4, -0.2) is 25.2 Å².